The fraction of sp³-hybridized carbons (Fsp3) is 0.833. The van der Waals surface area contributed by atoms with Crippen molar-refractivity contribution >= 4 is 28.4 Å². The lowest BCUT2D eigenvalue weighted by Gasteiger charge is -2.02. The van der Waals surface area contributed by atoms with E-state index >= 15 is 0 Å². The van der Waals surface area contributed by atoms with E-state index in [2.05, 4.69) is 46.7 Å². The average Bonchev–Trinajstić information content (AvgIpc) is 1.88. The van der Waals surface area contributed by atoms with E-state index < -0.39 is 0 Å². The standard InChI is InChI=1S/C6H13IN2/c1-3-6(8-4-2)9-5-7/h3-5H2,1-2H3,(H,8,9). The molecule has 0 unspecified atom stereocenters. The van der Waals surface area contributed by atoms with Crippen LogP contribution >= 0.6 is 22.6 Å². The van der Waals surface area contributed by atoms with Crippen LogP contribution in [0.25, 0.3) is 0 Å². The number of nitrogens with one attached hydrogen (secondary N) is 1. The number of rotatable bonds is 3. The maximum Gasteiger partial charge on any atom is 0.0969 e. The molecule has 0 saturated heterocycles. The summed E-state index contributed by atoms with van der Waals surface area (Å²) in [4.78, 5) is 4.22. The molecule has 3 heteroatoms. The minimum atomic E-state index is 0.855. The highest BCUT2D eigenvalue weighted by molar-refractivity contribution is 14.1. The molecular weight excluding hydrogens is 227 g/mol. The van der Waals surface area contributed by atoms with E-state index in [0.717, 1.165) is 23.4 Å². The van der Waals surface area contributed by atoms with E-state index in [0.29, 0.717) is 0 Å². The molecule has 0 heterocycles. The van der Waals surface area contributed by atoms with Crippen molar-refractivity contribution in [3.63, 3.8) is 0 Å². The summed E-state index contributed by atoms with van der Waals surface area (Å²) in [6, 6.07) is 0. The minimum absolute atomic E-state index is 0.855. The van der Waals surface area contributed by atoms with Gasteiger partial charge in [0.15, 0.2) is 0 Å². The first kappa shape index (κ1) is 9.20. The number of alkyl halides is 1. The summed E-state index contributed by atoms with van der Waals surface area (Å²) in [5, 5.41) is 3.18. The molecular formula is C6H13IN2. The third-order valence-electron chi connectivity index (χ3n) is 0.966. The Balaban J connectivity index is 3.53. The van der Waals surface area contributed by atoms with Crippen molar-refractivity contribution in [2.24, 2.45) is 4.99 Å². The zero-order chi connectivity index (χ0) is 7.11. The smallest absolute Gasteiger partial charge is 0.0969 e. The van der Waals surface area contributed by atoms with Crippen LogP contribution in [0.3, 0.4) is 0 Å². The quantitative estimate of drug-likeness (QED) is 0.263. The number of hydrogen-bond donors (Lipinski definition) is 1. The van der Waals surface area contributed by atoms with E-state index in [1.165, 1.54) is 0 Å². The Bertz CT molecular complexity index is 91.1. The number of aliphatic imine (C=N–C) groups is 1. The molecule has 0 aromatic rings. The van der Waals surface area contributed by atoms with Crippen LogP contribution in [-0.2, 0) is 0 Å². The normalized spacial score (nSPS) is 11.7. The third kappa shape index (κ3) is 4.69. The largest absolute Gasteiger partial charge is 0.374 e. The van der Waals surface area contributed by atoms with Crippen molar-refractivity contribution in [3.8, 4) is 0 Å². The van der Waals surface area contributed by atoms with Crippen molar-refractivity contribution in [1.82, 2.24) is 5.32 Å². The second-order valence-corrected chi connectivity index (χ2v) is 2.29. The monoisotopic (exact) mass is 240 g/mol. The number of amidine groups is 1. The summed E-state index contributed by atoms with van der Waals surface area (Å²) in [6.07, 6.45) is 1.01. The van der Waals surface area contributed by atoms with Gasteiger partial charge in [0.1, 0.15) is 0 Å². The Morgan fingerprint density at radius 1 is 1.56 bits per heavy atom. The van der Waals surface area contributed by atoms with Crippen LogP contribution in [0.5, 0.6) is 0 Å². The molecule has 0 saturated carbocycles. The van der Waals surface area contributed by atoms with Crippen LogP contribution in [0, 0.1) is 0 Å². The van der Waals surface area contributed by atoms with E-state index in [4.69, 9.17) is 0 Å². The van der Waals surface area contributed by atoms with Gasteiger partial charge in [-0.2, -0.15) is 0 Å². The summed E-state index contributed by atoms with van der Waals surface area (Å²) in [5.74, 6) is 1.12. The molecule has 0 aliphatic carbocycles. The first-order valence-corrected chi connectivity index (χ1v) is 4.70. The molecule has 0 amide bonds. The van der Waals surface area contributed by atoms with Crippen LogP contribution in [0.2, 0.25) is 0 Å². The molecule has 54 valence electrons. The van der Waals surface area contributed by atoms with Crippen LogP contribution < -0.4 is 5.32 Å². The minimum Gasteiger partial charge on any atom is -0.374 e. The molecule has 0 rings (SSSR count). The summed E-state index contributed by atoms with van der Waals surface area (Å²) in [5.41, 5.74) is 0. The molecule has 0 aliphatic heterocycles. The lowest BCUT2D eigenvalue weighted by molar-refractivity contribution is 0.929. The Morgan fingerprint density at radius 2 is 2.22 bits per heavy atom. The molecule has 2 nitrogen and oxygen atoms in total. The first-order valence-electron chi connectivity index (χ1n) is 3.18. The highest BCUT2D eigenvalue weighted by Crippen LogP contribution is 1.86. The summed E-state index contributed by atoms with van der Waals surface area (Å²) in [7, 11) is 0. The number of nitrogens with zero attached hydrogens (tertiary/aromatic N) is 1. The average molecular weight is 240 g/mol. The summed E-state index contributed by atoms with van der Waals surface area (Å²) < 4.78 is 0.855. The molecule has 0 atom stereocenters. The summed E-state index contributed by atoms with van der Waals surface area (Å²) in [6.45, 7) is 5.16. The van der Waals surface area contributed by atoms with Gasteiger partial charge in [0.05, 0.1) is 10.4 Å². The Hall–Kier alpha value is 0.200. The zero-order valence-corrected chi connectivity index (χ0v) is 8.10. The van der Waals surface area contributed by atoms with E-state index in [-0.39, 0.29) is 0 Å². The Morgan fingerprint density at radius 3 is 2.56 bits per heavy atom. The number of hydrogen-bond acceptors (Lipinski definition) is 1. The second kappa shape index (κ2) is 6.32. The van der Waals surface area contributed by atoms with Gasteiger partial charge in [0.25, 0.3) is 0 Å². The molecule has 1 N–H and O–H groups in total. The fourth-order valence-corrected chi connectivity index (χ4v) is 0.981. The first-order chi connectivity index (χ1) is 4.35. The molecule has 0 radical (unpaired) electrons. The molecule has 0 aromatic heterocycles. The van der Waals surface area contributed by atoms with Gasteiger partial charge in [-0.05, 0) is 6.92 Å². The SMILES string of the molecule is CCNC(CC)=NCI. The van der Waals surface area contributed by atoms with E-state index in [1.54, 1.807) is 0 Å². The van der Waals surface area contributed by atoms with Gasteiger partial charge in [-0.1, -0.05) is 29.5 Å². The molecule has 0 aliphatic rings. The van der Waals surface area contributed by atoms with Crippen molar-refractivity contribution in [1.29, 1.82) is 0 Å². The lowest BCUT2D eigenvalue weighted by atomic mass is 10.4. The van der Waals surface area contributed by atoms with Gasteiger partial charge in [-0.25, -0.2) is 0 Å². The zero-order valence-electron chi connectivity index (χ0n) is 5.95. The predicted octanol–water partition coefficient (Wildman–Crippen LogP) is 1.80. The van der Waals surface area contributed by atoms with Crippen molar-refractivity contribution in [3.05, 3.63) is 0 Å². The Kier molecular flexibility index (Phi) is 6.46. The topological polar surface area (TPSA) is 24.4 Å². The number of halogens is 1. The maximum absolute atomic E-state index is 4.22. The van der Waals surface area contributed by atoms with Gasteiger partial charge in [0, 0.05) is 13.0 Å². The molecule has 0 spiro atoms. The maximum atomic E-state index is 4.22. The molecule has 0 aromatic carbocycles. The van der Waals surface area contributed by atoms with Crippen molar-refractivity contribution in [2.45, 2.75) is 20.3 Å². The van der Waals surface area contributed by atoms with Gasteiger partial charge in [-0.15, -0.1) is 0 Å². The summed E-state index contributed by atoms with van der Waals surface area (Å²) >= 11 is 2.24. The third-order valence-corrected chi connectivity index (χ3v) is 1.31. The Labute approximate surface area is 70.3 Å². The van der Waals surface area contributed by atoms with E-state index in [9.17, 15) is 0 Å². The van der Waals surface area contributed by atoms with Gasteiger partial charge >= 0.3 is 0 Å². The highest BCUT2D eigenvalue weighted by Gasteiger charge is 1.88. The van der Waals surface area contributed by atoms with Gasteiger partial charge in [0.2, 0.25) is 0 Å². The fourth-order valence-electron chi connectivity index (χ4n) is 0.569. The van der Waals surface area contributed by atoms with Gasteiger partial charge < -0.3 is 5.32 Å². The lowest BCUT2D eigenvalue weighted by Crippen LogP contribution is -2.21. The highest BCUT2D eigenvalue weighted by atomic mass is 127. The van der Waals surface area contributed by atoms with Crippen LogP contribution in [0.4, 0.5) is 0 Å². The van der Waals surface area contributed by atoms with Crippen LogP contribution in [0.1, 0.15) is 20.3 Å². The van der Waals surface area contributed by atoms with E-state index in [1.807, 2.05) is 0 Å². The van der Waals surface area contributed by atoms with Gasteiger partial charge in [-0.3, -0.25) is 4.99 Å². The molecule has 0 bridgehead atoms. The van der Waals surface area contributed by atoms with Crippen LogP contribution in [0.15, 0.2) is 4.99 Å². The second-order valence-electron chi connectivity index (χ2n) is 1.61. The molecule has 9 heavy (non-hydrogen) atoms. The predicted molar refractivity (Wildman–Crippen MR) is 50.3 cm³/mol. The van der Waals surface area contributed by atoms with Crippen LogP contribution in [-0.4, -0.2) is 16.9 Å². The van der Waals surface area contributed by atoms with Crippen molar-refractivity contribution < 1.29 is 0 Å². The van der Waals surface area contributed by atoms with Crippen molar-refractivity contribution in [2.75, 3.05) is 11.1 Å². The molecule has 0 fully saturated rings.